The van der Waals surface area contributed by atoms with Crippen molar-refractivity contribution in [1.29, 1.82) is 0 Å². The minimum Gasteiger partial charge on any atom is -0.372 e. The largest absolute Gasteiger partial charge is 0.372 e. The molecule has 31 heavy (non-hydrogen) atoms. The summed E-state index contributed by atoms with van der Waals surface area (Å²) in [5.74, 6) is 0. The minimum absolute atomic E-state index is 0.989. The van der Waals surface area contributed by atoms with Crippen molar-refractivity contribution < 1.29 is 0 Å². The first-order valence-corrected chi connectivity index (χ1v) is 11.5. The lowest BCUT2D eigenvalue weighted by molar-refractivity contribution is 0.865. The van der Waals surface area contributed by atoms with Crippen LogP contribution in [0.5, 0.6) is 0 Å². The van der Waals surface area contributed by atoms with Crippen molar-refractivity contribution in [2.45, 2.75) is 27.7 Å². The highest BCUT2D eigenvalue weighted by atomic mass is 32.1. The van der Waals surface area contributed by atoms with Gasteiger partial charge in [-0.1, -0.05) is 12.1 Å². The van der Waals surface area contributed by atoms with E-state index in [1.54, 1.807) is 11.3 Å². The molecule has 2 heterocycles. The highest BCUT2D eigenvalue weighted by Crippen LogP contribution is 2.34. The molecule has 0 N–H and O–H groups in total. The Hall–Kier alpha value is -3.12. The number of aromatic nitrogens is 3. The Morgan fingerprint density at radius 1 is 1.00 bits per heavy atom. The molecule has 2 aromatic heterocycles. The van der Waals surface area contributed by atoms with Gasteiger partial charge < -0.3 is 14.4 Å². The van der Waals surface area contributed by atoms with E-state index in [0.717, 1.165) is 40.9 Å². The normalized spacial score (nSPS) is 11.0. The van der Waals surface area contributed by atoms with Gasteiger partial charge in [-0.3, -0.25) is 0 Å². The number of thiazole rings is 1. The number of hydrogen-bond donors (Lipinski definition) is 0. The van der Waals surface area contributed by atoms with Gasteiger partial charge in [0.25, 0.3) is 0 Å². The van der Waals surface area contributed by atoms with E-state index in [1.807, 2.05) is 24.0 Å². The summed E-state index contributed by atoms with van der Waals surface area (Å²) in [6.45, 7) is 10.6. The van der Waals surface area contributed by atoms with E-state index in [0.29, 0.717) is 0 Å². The molecule has 0 unspecified atom stereocenters. The van der Waals surface area contributed by atoms with Crippen molar-refractivity contribution >= 4 is 27.8 Å². The molecule has 0 atom stereocenters. The molecule has 2 aromatic carbocycles. The molecule has 0 radical (unpaired) electrons. The molecule has 5 nitrogen and oxygen atoms in total. The van der Waals surface area contributed by atoms with Crippen molar-refractivity contribution in [3.8, 4) is 16.9 Å². The van der Waals surface area contributed by atoms with Gasteiger partial charge in [-0.05, 0) is 63.6 Å². The van der Waals surface area contributed by atoms with Crippen LogP contribution in [0.1, 0.15) is 25.1 Å². The molecule has 160 valence electrons. The standard InChI is InChI=1S/C25H29N5S/c1-6-29(7-2)22-12-13-24(18(3)14-22)28(5)25-27-23(16-31-25)20-8-10-21(11-9-20)30-15-19(4)26-17-30/h8-17H,6-7H2,1-5H3. The quantitative estimate of drug-likeness (QED) is 0.348. The highest BCUT2D eigenvalue weighted by molar-refractivity contribution is 7.14. The summed E-state index contributed by atoms with van der Waals surface area (Å²) < 4.78 is 2.03. The third-order valence-electron chi connectivity index (χ3n) is 5.62. The molecule has 0 aliphatic rings. The van der Waals surface area contributed by atoms with Gasteiger partial charge in [0.15, 0.2) is 5.13 Å². The molecule has 0 spiro atoms. The van der Waals surface area contributed by atoms with Crippen molar-refractivity contribution in [3.05, 3.63) is 71.6 Å². The second-order valence-corrected chi connectivity index (χ2v) is 8.52. The van der Waals surface area contributed by atoms with Gasteiger partial charge in [-0.2, -0.15) is 0 Å². The Kier molecular flexibility index (Phi) is 6.09. The van der Waals surface area contributed by atoms with Crippen LogP contribution in [-0.4, -0.2) is 34.7 Å². The molecular formula is C25H29N5S. The van der Waals surface area contributed by atoms with E-state index in [1.165, 1.54) is 16.9 Å². The predicted molar refractivity (Wildman–Crippen MR) is 132 cm³/mol. The van der Waals surface area contributed by atoms with Gasteiger partial charge in [0.2, 0.25) is 0 Å². The summed E-state index contributed by atoms with van der Waals surface area (Å²) in [4.78, 5) is 13.8. The fourth-order valence-electron chi connectivity index (χ4n) is 3.82. The van der Waals surface area contributed by atoms with Crippen LogP contribution in [0, 0.1) is 13.8 Å². The summed E-state index contributed by atoms with van der Waals surface area (Å²) in [5.41, 5.74) is 7.93. The van der Waals surface area contributed by atoms with Gasteiger partial charge in [0.1, 0.15) is 0 Å². The number of hydrogen-bond acceptors (Lipinski definition) is 5. The minimum atomic E-state index is 0.989. The zero-order chi connectivity index (χ0) is 22.0. The molecule has 0 saturated carbocycles. The van der Waals surface area contributed by atoms with E-state index in [-0.39, 0.29) is 0 Å². The summed E-state index contributed by atoms with van der Waals surface area (Å²) in [5, 5.41) is 3.12. The van der Waals surface area contributed by atoms with Crippen molar-refractivity contribution in [2.24, 2.45) is 0 Å². The van der Waals surface area contributed by atoms with Gasteiger partial charge in [-0.15, -0.1) is 11.3 Å². The number of rotatable bonds is 7. The monoisotopic (exact) mass is 431 g/mol. The first-order valence-electron chi connectivity index (χ1n) is 10.7. The van der Waals surface area contributed by atoms with Gasteiger partial charge >= 0.3 is 0 Å². The van der Waals surface area contributed by atoms with Crippen LogP contribution in [0.3, 0.4) is 0 Å². The number of imidazole rings is 1. The molecule has 0 fully saturated rings. The van der Waals surface area contributed by atoms with Crippen LogP contribution in [0.25, 0.3) is 16.9 Å². The lowest BCUT2D eigenvalue weighted by atomic mass is 10.1. The van der Waals surface area contributed by atoms with Crippen LogP contribution < -0.4 is 9.80 Å². The highest BCUT2D eigenvalue weighted by Gasteiger charge is 2.14. The number of nitrogens with zero attached hydrogens (tertiary/aromatic N) is 5. The zero-order valence-corrected chi connectivity index (χ0v) is 19.6. The molecule has 0 saturated heterocycles. The summed E-state index contributed by atoms with van der Waals surface area (Å²) in [6.07, 6.45) is 3.87. The van der Waals surface area contributed by atoms with E-state index in [9.17, 15) is 0 Å². The van der Waals surface area contributed by atoms with E-state index < -0.39 is 0 Å². The average Bonchev–Trinajstić information content (AvgIpc) is 3.44. The van der Waals surface area contributed by atoms with Crippen molar-refractivity contribution in [2.75, 3.05) is 29.9 Å². The van der Waals surface area contributed by atoms with Gasteiger partial charge in [0, 0.05) is 54.3 Å². The lowest BCUT2D eigenvalue weighted by Crippen LogP contribution is -2.22. The Bertz CT molecular complexity index is 1150. The van der Waals surface area contributed by atoms with Crippen molar-refractivity contribution in [1.82, 2.24) is 14.5 Å². The summed E-state index contributed by atoms with van der Waals surface area (Å²) in [6, 6.07) is 15.1. The Balaban J connectivity index is 1.54. The molecule has 0 aliphatic carbocycles. The van der Waals surface area contributed by atoms with Crippen LogP contribution in [0.15, 0.2) is 60.4 Å². The fraction of sp³-hybridized carbons (Fsp3) is 0.280. The second-order valence-electron chi connectivity index (χ2n) is 7.69. The van der Waals surface area contributed by atoms with Crippen LogP contribution in [0.4, 0.5) is 16.5 Å². The third-order valence-corrected chi connectivity index (χ3v) is 6.54. The topological polar surface area (TPSA) is 37.2 Å². The summed E-state index contributed by atoms with van der Waals surface area (Å²) >= 11 is 1.67. The number of anilines is 3. The Labute approximate surface area is 188 Å². The molecule has 4 rings (SSSR count). The third kappa shape index (κ3) is 4.35. The molecule has 6 heteroatoms. The first kappa shape index (κ1) is 21.1. The van der Waals surface area contributed by atoms with Crippen LogP contribution in [0.2, 0.25) is 0 Å². The van der Waals surface area contributed by atoms with Crippen LogP contribution in [-0.2, 0) is 0 Å². The molecule has 0 amide bonds. The summed E-state index contributed by atoms with van der Waals surface area (Å²) in [7, 11) is 2.09. The lowest BCUT2D eigenvalue weighted by Gasteiger charge is -2.24. The maximum absolute atomic E-state index is 4.91. The molecule has 4 aromatic rings. The molecule has 0 bridgehead atoms. The zero-order valence-electron chi connectivity index (χ0n) is 18.8. The smallest absolute Gasteiger partial charge is 0.190 e. The molecular weight excluding hydrogens is 402 g/mol. The van der Waals surface area contributed by atoms with Gasteiger partial charge in [-0.25, -0.2) is 9.97 Å². The maximum Gasteiger partial charge on any atom is 0.190 e. The van der Waals surface area contributed by atoms with E-state index >= 15 is 0 Å². The first-order chi connectivity index (χ1) is 15.0. The van der Waals surface area contributed by atoms with E-state index in [2.05, 4.69) is 90.4 Å². The second kappa shape index (κ2) is 8.94. The predicted octanol–water partition coefficient (Wildman–Crippen LogP) is 6.23. The van der Waals surface area contributed by atoms with Crippen molar-refractivity contribution in [3.63, 3.8) is 0 Å². The molecule has 0 aliphatic heterocycles. The van der Waals surface area contributed by atoms with Crippen LogP contribution >= 0.6 is 11.3 Å². The number of aryl methyl sites for hydroxylation is 2. The van der Waals surface area contributed by atoms with Gasteiger partial charge in [0.05, 0.1) is 17.7 Å². The average molecular weight is 432 g/mol. The fourth-order valence-corrected chi connectivity index (χ4v) is 4.64. The maximum atomic E-state index is 4.91. The number of benzene rings is 2. The SMILES string of the molecule is CCN(CC)c1ccc(N(C)c2nc(-c3ccc(-n4cnc(C)c4)cc3)cs2)c(C)c1. The van der Waals surface area contributed by atoms with E-state index in [4.69, 9.17) is 4.98 Å². The Morgan fingerprint density at radius 2 is 1.74 bits per heavy atom. The Morgan fingerprint density at radius 3 is 2.35 bits per heavy atom.